The Morgan fingerprint density at radius 3 is 2.38 bits per heavy atom. The van der Waals surface area contributed by atoms with Crippen molar-refractivity contribution in [3.8, 4) is 0 Å². The highest BCUT2D eigenvalue weighted by Crippen LogP contribution is 2.35. The summed E-state index contributed by atoms with van der Waals surface area (Å²) in [6.45, 7) is 0. The number of halogens is 4. The number of benzene rings is 1. The smallest absolute Gasteiger partial charge is 0.175 e. The zero-order valence-electron chi connectivity index (χ0n) is 6.40. The van der Waals surface area contributed by atoms with Crippen LogP contribution in [0.5, 0.6) is 0 Å². The van der Waals surface area contributed by atoms with Crippen molar-refractivity contribution in [2.24, 2.45) is 0 Å². The van der Waals surface area contributed by atoms with Gasteiger partial charge in [0.15, 0.2) is 0 Å². The molecule has 0 unspecified atom stereocenters. The summed E-state index contributed by atoms with van der Waals surface area (Å²) in [6, 6.07) is 3.76. The monoisotopic (exact) mass is 226 g/mol. The van der Waals surface area contributed by atoms with Crippen LogP contribution in [0.25, 0.3) is 0 Å². The number of thiol groups is 1. The van der Waals surface area contributed by atoms with Gasteiger partial charge in [-0.2, -0.15) is 25.8 Å². The van der Waals surface area contributed by atoms with E-state index in [2.05, 4.69) is 12.6 Å². The lowest BCUT2D eigenvalue weighted by molar-refractivity contribution is -0.137. The van der Waals surface area contributed by atoms with Crippen LogP contribution >= 0.6 is 24.2 Å². The molecule has 0 spiro atoms. The van der Waals surface area contributed by atoms with Gasteiger partial charge in [0, 0.05) is 5.75 Å². The maximum Gasteiger partial charge on any atom is 0.417 e. The first kappa shape index (κ1) is 10.7. The van der Waals surface area contributed by atoms with Crippen LogP contribution in [0.15, 0.2) is 18.2 Å². The van der Waals surface area contributed by atoms with Gasteiger partial charge in [-0.25, -0.2) is 0 Å². The van der Waals surface area contributed by atoms with Crippen LogP contribution in [-0.4, -0.2) is 0 Å². The van der Waals surface area contributed by atoms with Gasteiger partial charge in [0.2, 0.25) is 0 Å². The average Bonchev–Trinajstić information content (AvgIpc) is 2.03. The van der Waals surface area contributed by atoms with Crippen molar-refractivity contribution < 1.29 is 13.2 Å². The summed E-state index contributed by atoms with van der Waals surface area (Å²) >= 11 is 9.27. The van der Waals surface area contributed by atoms with Crippen LogP contribution in [0.1, 0.15) is 11.1 Å². The number of hydrogen-bond donors (Lipinski definition) is 1. The molecule has 0 atom stereocenters. The Morgan fingerprint density at radius 1 is 1.31 bits per heavy atom. The molecule has 0 amide bonds. The molecule has 5 heteroatoms. The van der Waals surface area contributed by atoms with Gasteiger partial charge in [-0.1, -0.05) is 17.7 Å². The largest absolute Gasteiger partial charge is 0.417 e. The number of hydrogen-bond acceptors (Lipinski definition) is 1. The van der Waals surface area contributed by atoms with Gasteiger partial charge in [0.1, 0.15) is 0 Å². The fourth-order valence-corrected chi connectivity index (χ4v) is 1.31. The maximum absolute atomic E-state index is 12.3. The highest BCUT2D eigenvalue weighted by atomic mass is 35.5. The summed E-state index contributed by atoms with van der Waals surface area (Å²) in [5.41, 5.74) is -0.305. The van der Waals surface area contributed by atoms with Crippen molar-refractivity contribution in [2.75, 3.05) is 0 Å². The third kappa shape index (κ3) is 2.54. The molecule has 72 valence electrons. The first-order chi connectivity index (χ1) is 5.95. The molecule has 0 aromatic heterocycles. The van der Waals surface area contributed by atoms with E-state index < -0.39 is 11.7 Å². The van der Waals surface area contributed by atoms with Crippen LogP contribution in [0.3, 0.4) is 0 Å². The summed E-state index contributed by atoms with van der Waals surface area (Å²) in [6.07, 6.45) is -4.39. The summed E-state index contributed by atoms with van der Waals surface area (Å²) in [4.78, 5) is 0. The molecule has 0 bridgehead atoms. The Morgan fingerprint density at radius 2 is 1.92 bits per heavy atom. The van der Waals surface area contributed by atoms with E-state index in [1.54, 1.807) is 0 Å². The van der Waals surface area contributed by atoms with E-state index >= 15 is 0 Å². The van der Waals surface area contributed by atoms with Gasteiger partial charge in [-0.3, -0.25) is 0 Å². The van der Waals surface area contributed by atoms with Gasteiger partial charge < -0.3 is 0 Å². The molecule has 0 radical (unpaired) electrons. The summed E-state index contributed by atoms with van der Waals surface area (Å²) in [5, 5.41) is -0.280. The van der Waals surface area contributed by atoms with Crippen LogP contribution in [0.2, 0.25) is 5.02 Å². The fraction of sp³-hybridized carbons (Fsp3) is 0.250. The Balaban J connectivity index is 3.19. The predicted octanol–water partition coefficient (Wildman–Crippen LogP) is 3.79. The van der Waals surface area contributed by atoms with Crippen molar-refractivity contribution >= 4 is 24.2 Å². The lowest BCUT2D eigenvalue weighted by atomic mass is 10.1. The molecule has 0 nitrogen and oxygen atoms in total. The molecule has 13 heavy (non-hydrogen) atoms. The minimum Gasteiger partial charge on any atom is -0.175 e. The normalized spacial score (nSPS) is 11.8. The second-order valence-electron chi connectivity index (χ2n) is 2.47. The molecule has 0 aliphatic carbocycles. The Bertz CT molecular complexity index is 309. The van der Waals surface area contributed by atoms with Gasteiger partial charge in [-0.05, 0) is 17.7 Å². The molecule has 1 aromatic carbocycles. The predicted molar refractivity (Wildman–Crippen MR) is 49.1 cm³/mol. The van der Waals surface area contributed by atoms with Crippen molar-refractivity contribution in [3.05, 3.63) is 34.3 Å². The van der Waals surface area contributed by atoms with Crippen LogP contribution < -0.4 is 0 Å². The first-order valence-corrected chi connectivity index (χ1v) is 4.42. The SMILES string of the molecule is FC(F)(F)c1cc(CS)ccc1Cl. The van der Waals surface area contributed by atoms with Gasteiger partial charge in [0.05, 0.1) is 10.6 Å². The first-order valence-electron chi connectivity index (χ1n) is 3.41. The molecule has 1 rings (SSSR count). The molecule has 1 aromatic rings. The van der Waals surface area contributed by atoms with Crippen LogP contribution in [-0.2, 0) is 11.9 Å². The topological polar surface area (TPSA) is 0 Å². The van der Waals surface area contributed by atoms with E-state index in [1.165, 1.54) is 12.1 Å². The number of alkyl halides is 3. The van der Waals surface area contributed by atoms with Crippen LogP contribution in [0.4, 0.5) is 13.2 Å². The number of rotatable bonds is 1. The van der Waals surface area contributed by atoms with Crippen molar-refractivity contribution in [1.29, 1.82) is 0 Å². The third-order valence-corrected chi connectivity index (χ3v) is 2.21. The molecular weight excluding hydrogens is 221 g/mol. The van der Waals surface area contributed by atoms with E-state index in [4.69, 9.17) is 11.6 Å². The molecule has 0 saturated heterocycles. The molecule has 0 aliphatic rings. The molecule has 0 saturated carbocycles. The standard InChI is InChI=1S/C8H6ClF3S/c9-7-2-1-5(4-13)3-6(7)8(10,11)12/h1-3,13H,4H2. The summed E-state index contributed by atoms with van der Waals surface area (Å²) < 4.78 is 36.8. The maximum atomic E-state index is 12.3. The zero-order valence-corrected chi connectivity index (χ0v) is 8.05. The van der Waals surface area contributed by atoms with E-state index in [1.807, 2.05) is 0 Å². The van der Waals surface area contributed by atoms with Crippen molar-refractivity contribution in [3.63, 3.8) is 0 Å². The highest BCUT2D eigenvalue weighted by molar-refractivity contribution is 7.79. The van der Waals surface area contributed by atoms with E-state index in [0.717, 1.165) is 6.07 Å². The lowest BCUT2D eigenvalue weighted by Crippen LogP contribution is -2.06. The fourth-order valence-electron chi connectivity index (χ4n) is 0.888. The molecule has 0 aliphatic heterocycles. The van der Waals surface area contributed by atoms with Crippen molar-refractivity contribution in [1.82, 2.24) is 0 Å². The minimum atomic E-state index is -4.39. The lowest BCUT2D eigenvalue weighted by Gasteiger charge is -2.09. The summed E-state index contributed by atoms with van der Waals surface area (Å²) in [5.74, 6) is 0.264. The zero-order chi connectivity index (χ0) is 10.1. The van der Waals surface area contributed by atoms with Crippen LogP contribution in [0, 0.1) is 0 Å². The van der Waals surface area contributed by atoms with Gasteiger partial charge in [0.25, 0.3) is 0 Å². The van der Waals surface area contributed by atoms with E-state index in [-0.39, 0.29) is 10.8 Å². The Hall–Kier alpha value is -0.350. The summed E-state index contributed by atoms with van der Waals surface area (Å²) in [7, 11) is 0. The molecular formula is C8H6ClF3S. The third-order valence-electron chi connectivity index (χ3n) is 1.52. The Labute approximate surface area is 84.1 Å². The van der Waals surface area contributed by atoms with Crippen molar-refractivity contribution in [2.45, 2.75) is 11.9 Å². The van der Waals surface area contributed by atoms with E-state index in [0.29, 0.717) is 5.56 Å². The highest BCUT2D eigenvalue weighted by Gasteiger charge is 2.33. The van der Waals surface area contributed by atoms with E-state index in [9.17, 15) is 13.2 Å². The quantitative estimate of drug-likeness (QED) is 0.692. The molecule has 0 fully saturated rings. The Kier molecular flexibility index (Phi) is 3.14. The van der Waals surface area contributed by atoms with Gasteiger partial charge >= 0.3 is 6.18 Å². The molecule has 0 N–H and O–H groups in total. The average molecular weight is 227 g/mol. The minimum absolute atomic E-state index is 0.264. The second kappa shape index (κ2) is 3.80. The second-order valence-corrected chi connectivity index (χ2v) is 3.19. The van der Waals surface area contributed by atoms with Gasteiger partial charge in [-0.15, -0.1) is 0 Å². The molecule has 0 heterocycles.